The Morgan fingerprint density at radius 1 is 1.24 bits per heavy atom. The van der Waals surface area contributed by atoms with Crippen molar-refractivity contribution >= 4 is 42.0 Å². The Kier molecular flexibility index (Phi) is 9.96. The number of carboxylic acid groups (broad SMARTS) is 1. The topological polar surface area (TPSA) is 81.7 Å². The Bertz CT molecular complexity index is 913. The third-order valence-electron chi connectivity index (χ3n) is 5.95. The summed E-state index contributed by atoms with van der Waals surface area (Å²) < 4.78 is 0. The molecule has 6 nitrogen and oxygen atoms in total. The molecule has 1 heterocycles. The van der Waals surface area contributed by atoms with Crippen molar-refractivity contribution < 1.29 is 14.7 Å². The maximum Gasteiger partial charge on any atom is 0.326 e. The maximum atomic E-state index is 13.5. The van der Waals surface area contributed by atoms with E-state index in [1.54, 1.807) is 17.8 Å². The van der Waals surface area contributed by atoms with Crippen LogP contribution in [0, 0.1) is 0 Å². The number of hydrogen-bond acceptors (Lipinski definition) is 6. The molecule has 0 aliphatic carbocycles. The summed E-state index contributed by atoms with van der Waals surface area (Å²) >= 11 is 6.20. The molecular weight excluding hydrogens is 454 g/mol. The number of benzene rings is 2. The SMILES string of the molecule is CSCC[C@@H](C(=O)O)N(CCc1ccccc1)C(=O)c1cccc(NC[C@@H]2NCC[C@@H]2S)c1. The number of carbonyl (C=O) groups excluding carboxylic acids is 1. The van der Waals surface area contributed by atoms with E-state index in [4.69, 9.17) is 0 Å². The van der Waals surface area contributed by atoms with Crippen LogP contribution in [0.1, 0.15) is 28.8 Å². The minimum Gasteiger partial charge on any atom is -0.480 e. The fraction of sp³-hybridized carbons (Fsp3) is 0.440. The third-order valence-corrected chi connectivity index (χ3v) is 7.21. The fourth-order valence-corrected chi connectivity index (χ4v) is 4.85. The molecule has 2 aromatic carbocycles. The van der Waals surface area contributed by atoms with Gasteiger partial charge in [0.05, 0.1) is 0 Å². The van der Waals surface area contributed by atoms with Crippen molar-refractivity contribution in [2.75, 3.05) is 37.0 Å². The molecule has 3 rings (SSSR count). The van der Waals surface area contributed by atoms with E-state index in [1.807, 2.05) is 54.8 Å². The molecule has 3 N–H and O–H groups in total. The van der Waals surface area contributed by atoms with Crippen LogP contribution in [0.3, 0.4) is 0 Å². The van der Waals surface area contributed by atoms with Crippen molar-refractivity contribution in [3.8, 4) is 0 Å². The highest BCUT2D eigenvalue weighted by atomic mass is 32.2. The highest BCUT2D eigenvalue weighted by Crippen LogP contribution is 2.19. The van der Waals surface area contributed by atoms with Gasteiger partial charge in [-0.15, -0.1) is 0 Å². The molecule has 0 aromatic heterocycles. The van der Waals surface area contributed by atoms with E-state index < -0.39 is 12.0 Å². The van der Waals surface area contributed by atoms with E-state index in [0.717, 1.165) is 30.8 Å². The van der Waals surface area contributed by atoms with E-state index in [1.165, 1.54) is 4.90 Å². The standard InChI is InChI=1S/C25H33N3O3S2/c1-33-15-12-22(25(30)31)28(14-11-18-6-3-2-4-7-18)24(29)19-8-5-9-20(16-19)27-17-21-23(32)10-13-26-21/h2-9,16,21-23,26-27,32H,10-15,17H2,1H3,(H,30,31)/t21-,22-,23-/m0/s1. The van der Waals surface area contributed by atoms with Crippen LogP contribution in [-0.4, -0.2) is 70.9 Å². The number of nitrogens with zero attached hydrogens (tertiary/aromatic N) is 1. The predicted molar refractivity (Wildman–Crippen MR) is 140 cm³/mol. The molecule has 8 heteroatoms. The summed E-state index contributed by atoms with van der Waals surface area (Å²) in [5.74, 6) is -0.548. The molecule has 0 bridgehead atoms. The van der Waals surface area contributed by atoms with Crippen molar-refractivity contribution in [3.63, 3.8) is 0 Å². The average molecular weight is 488 g/mol. The molecule has 1 aliphatic rings. The van der Waals surface area contributed by atoms with Crippen molar-refractivity contribution in [1.82, 2.24) is 10.2 Å². The molecule has 2 aromatic rings. The van der Waals surface area contributed by atoms with Gasteiger partial charge in [-0.05, 0) is 61.6 Å². The summed E-state index contributed by atoms with van der Waals surface area (Å²) in [6, 6.07) is 16.6. The summed E-state index contributed by atoms with van der Waals surface area (Å²) in [4.78, 5) is 27.2. The molecule has 0 radical (unpaired) electrons. The van der Waals surface area contributed by atoms with E-state index in [0.29, 0.717) is 36.0 Å². The van der Waals surface area contributed by atoms with Crippen LogP contribution in [0.5, 0.6) is 0 Å². The molecule has 0 unspecified atom stereocenters. The smallest absolute Gasteiger partial charge is 0.326 e. The molecule has 0 saturated carbocycles. The van der Waals surface area contributed by atoms with Crippen LogP contribution in [-0.2, 0) is 11.2 Å². The number of carboxylic acids is 1. The lowest BCUT2D eigenvalue weighted by atomic mass is 10.1. The number of anilines is 1. The van der Waals surface area contributed by atoms with Crippen molar-refractivity contribution in [1.29, 1.82) is 0 Å². The first-order valence-corrected chi connectivity index (χ1v) is 13.2. The zero-order valence-electron chi connectivity index (χ0n) is 18.9. The Balaban J connectivity index is 1.76. The second-order valence-corrected chi connectivity index (χ2v) is 9.90. The Morgan fingerprint density at radius 2 is 2.03 bits per heavy atom. The quantitative estimate of drug-likeness (QED) is 0.342. The lowest BCUT2D eigenvalue weighted by molar-refractivity contribution is -0.142. The monoisotopic (exact) mass is 487 g/mol. The number of nitrogens with one attached hydrogen (secondary N) is 2. The summed E-state index contributed by atoms with van der Waals surface area (Å²) in [6.45, 7) is 2.02. The van der Waals surface area contributed by atoms with Crippen LogP contribution < -0.4 is 10.6 Å². The zero-order valence-corrected chi connectivity index (χ0v) is 20.7. The molecule has 1 aliphatic heterocycles. The van der Waals surface area contributed by atoms with E-state index in [9.17, 15) is 14.7 Å². The van der Waals surface area contributed by atoms with Gasteiger partial charge in [-0.25, -0.2) is 4.79 Å². The van der Waals surface area contributed by atoms with E-state index in [-0.39, 0.29) is 11.9 Å². The number of amides is 1. The highest BCUT2D eigenvalue weighted by Gasteiger charge is 2.30. The van der Waals surface area contributed by atoms with Crippen LogP contribution in [0.4, 0.5) is 5.69 Å². The second-order valence-electron chi connectivity index (χ2n) is 8.25. The van der Waals surface area contributed by atoms with Gasteiger partial charge in [0.25, 0.3) is 5.91 Å². The Morgan fingerprint density at radius 3 is 2.70 bits per heavy atom. The first-order chi connectivity index (χ1) is 16.0. The van der Waals surface area contributed by atoms with Crippen molar-refractivity contribution in [2.24, 2.45) is 0 Å². The lowest BCUT2D eigenvalue weighted by Crippen LogP contribution is -2.46. The van der Waals surface area contributed by atoms with Crippen LogP contribution in [0.2, 0.25) is 0 Å². The average Bonchev–Trinajstić information content (AvgIpc) is 3.24. The predicted octanol–water partition coefficient (Wildman–Crippen LogP) is 3.65. The number of rotatable bonds is 12. The first kappa shape index (κ1) is 25.5. The van der Waals surface area contributed by atoms with Gasteiger partial charge in [0, 0.05) is 35.6 Å². The summed E-state index contributed by atoms with van der Waals surface area (Å²) in [6.07, 6.45) is 3.99. The van der Waals surface area contributed by atoms with Gasteiger partial charge in [0.2, 0.25) is 0 Å². The summed E-state index contributed by atoms with van der Waals surface area (Å²) in [7, 11) is 0. The van der Waals surface area contributed by atoms with E-state index in [2.05, 4.69) is 23.3 Å². The van der Waals surface area contributed by atoms with Gasteiger partial charge in [0.1, 0.15) is 6.04 Å². The molecular formula is C25H33N3O3S2. The van der Waals surface area contributed by atoms with Crippen molar-refractivity contribution in [2.45, 2.75) is 36.6 Å². The lowest BCUT2D eigenvalue weighted by Gasteiger charge is -2.29. The molecule has 178 valence electrons. The number of aliphatic carboxylic acids is 1. The minimum atomic E-state index is -0.966. The molecule has 3 atom stereocenters. The van der Waals surface area contributed by atoms with Crippen LogP contribution in [0.15, 0.2) is 54.6 Å². The van der Waals surface area contributed by atoms with Gasteiger partial charge in [-0.1, -0.05) is 36.4 Å². The first-order valence-electron chi connectivity index (χ1n) is 11.3. The van der Waals surface area contributed by atoms with Crippen LogP contribution in [0.25, 0.3) is 0 Å². The number of hydrogen-bond donors (Lipinski definition) is 4. The van der Waals surface area contributed by atoms with Gasteiger partial charge in [-0.2, -0.15) is 24.4 Å². The van der Waals surface area contributed by atoms with Gasteiger partial charge < -0.3 is 20.6 Å². The minimum absolute atomic E-state index is 0.255. The molecule has 1 saturated heterocycles. The Labute approximate surface area is 205 Å². The maximum absolute atomic E-state index is 13.5. The molecule has 33 heavy (non-hydrogen) atoms. The number of carbonyl (C=O) groups is 2. The zero-order chi connectivity index (χ0) is 23.6. The highest BCUT2D eigenvalue weighted by molar-refractivity contribution is 7.98. The number of thiol groups is 1. The number of thioether (sulfide) groups is 1. The molecule has 1 fully saturated rings. The fourth-order valence-electron chi connectivity index (χ4n) is 4.05. The summed E-state index contributed by atoms with van der Waals surface area (Å²) in [5.41, 5.74) is 2.41. The molecule has 0 spiro atoms. The summed E-state index contributed by atoms with van der Waals surface area (Å²) in [5, 5.41) is 17.1. The second kappa shape index (κ2) is 12.9. The van der Waals surface area contributed by atoms with Gasteiger partial charge >= 0.3 is 5.97 Å². The third kappa shape index (κ3) is 7.42. The largest absolute Gasteiger partial charge is 0.480 e. The van der Waals surface area contributed by atoms with Crippen LogP contribution >= 0.6 is 24.4 Å². The molecule has 1 amide bonds. The van der Waals surface area contributed by atoms with Gasteiger partial charge in [-0.3, -0.25) is 4.79 Å². The Hall–Kier alpha value is -2.16. The van der Waals surface area contributed by atoms with Gasteiger partial charge in [0.15, 0.2) is 0 Å². The van der Waals surface area contributed by atoms with E-state index >= 15 is 0 Å². The van der Waals surface area contributed by atoms with Crippen molar-refractivity contribution in [3.05, 3.63) is 65.7 Å². The normalized spacial score (nSPS) is 18.6.